The van der Waals surface area contributed by atoms with Gasteiger partial charge in [0, 0.05) is 38.8 Å². The zero-order chi connectivity index (χ0) is 15.4. The Balaban J connectivity index is 1.64. The van der Waals surface area contributed by atoms with Gasteiger partial charge in [0.25, 0.3) is 0 Å². The van der Waals surface area contributed by atoms with Crippen LogP contribution in [0.15, 0.2) is 30.3 Å². The molecule has 120 valence electrons. The normalized spacial score (nSPS) is 25.2. The number of hydrogen-bond acceptors (Lipinski definition) is 3. The second-order valence-corrected chi connectivity index (χ2v) is 6.46. The number of fused-ring (bicyclic) bond motifs is 4. The Morgan fingerprint density at radius 1 is 1.18 bits per heavy atom. The van der Waals surface area contributed by atoms with Crippen LogP contribution in [0, 0.1) is 5.92 Å². The van der Waals surface area contributed by atoms with E-state index in [9.17, 15) is 4.79 Å². The lowest BCUT2D eigenvalue weighted by Crippen LogP contribution is -2.48. The van der Waals surface area contributed by atoms with E-state index in [2.05, 4.69) is 40.1 Å². The van der Waals surface area contributed by atoms with E-state index in [1.165, 1.54) is 12.0 Å². The van der Waals surface area contributed by atoms with Crippen molar-refractivity contribution < 1.29 is 9.53 Å². The SMILES string of the molecule is CCOCC(=O)N1C[C@H]2CC[C@@H]1CN(Cc1ccccc1)C2. The summed E-state index contributed by atoms with van der Waals surface area (Å²) in [5.74, 6) is 0.770. The quantitative estimate of drug-likeness (QED) is 0.835. The Morgan fingerprint density at radius 2 is 2.00 bits per heavy atom. The fourth-order valence-electron chi connectivity index (χ4n) is 3.73. The van der Waals surface area contributed by atoms with E-state index in [1.54, 1.807) is 0 Å². The van der Waals surface area contributed by atoms with Crippen molar-refractivity contribution in [2.24, 2.45) is 5.92 Å². The van der Waals surface area contributed by atoms with Crippen LogP contribution in [-0.2, 0) is 16.1 Å². The van der Waals surface area contributed by atoms with Crippen molar-refractivity contribution in [3.8, 4) is 0 Å². The Hall–Kier alpha value is -1.39. The molecule has 3 fully saturated rings. The zero-order valence-electron chi connectivity index (χ0n) is 13.4. The Morgan fingerprint density at radius 3 is 2.77 bits per heavy atom. The number of piperidine rings is 1. The maximum absolute atomic E-state index is 12.3. The molecule has 4 rings (SSSR count). The molecule has 1 amide bonds. The number of rotatable bonds is 5. The fourth-order valence-corrected chi connectivity index (χ4v) is 3.73. The lowest BCUT2D eigenvalue weighted by molar-refractivity contribution is -0.140. The van der Waals surface area contributed by atoms with Gasteiger partial charge in [-0.2, -0.15) is 0 Å². The summed E-state index contributed by atoms with van der Waals surface area (Å²) in [6.07, 6.45) is 2.38. The van der Waals surface area contributed by atoms with Crippen LogP contribution in [0.2, 0.25) is 0 Å². The van der Waals surface area contributed by atoms with Crippen molar-refractivity contribution in [1.82, 2.24) is 9.80 Å². The number of amides is 1. The van der Waals surface area contributed by atoms with Gasteiger partial charge in [-0.1, -0.05) is 30.3 Å². The summed E-state index contributed by atoms with van der Waals surface area (Å²) in [4.78, 5) is 16.9. The van der Waals surface area contributed by atoms with Gasteiger partial charge in [0.05, 0.1) is 0 Å². The van der Waals surface area contributed by atoms with Crippen molar-refractivity contribution in [3.63, 3.8) is 0 Å². The third kappa shape index (κ3) is 3.68. The highest BCUT2D eigenvalue weighted by Crippen LogP contribution is 2.28. The van der Waals surface area contributed by atoms with Crippen LogP contribution in [-0.4, -0.2) is 54.6 Å². The van der Waals surface area contributed by atoms with Crippen LogP contribution in [0.4, 0.5) is 0 Å². The minimum absolute atomic E-state index is 0.165. The summed E-state index contributed by atoms with van der Waals surface area (Å²) in [7, 11) is 0. The molecule has 0 saturated carbocycles. The van der Waals surface area contributed by atoms with Gasteiger partial charge in [-0.05, 0) is 31.2 Å². The number of hydrogen-bond donors (Lipinski definition) is 0. The van der Waals surface area contributed by atoms with Crippen LogP contribution in [0.25, 0.3) is 0 Å². The standard InChI is InChI=1S/C18H26N2O2/c1-2-22-14-18(21)20-12-16-8-9-17(20)13-19(11-16)10-15-6-4-3-5-7-15/h3-7,16-17H,2,8-14H2,1H3/t16-,17+/m0/s1. The molecule has 0 unspecified atom stereocenters. The van der Waals surface area contributed by atoms with Gasteiger partial charge in [-0.25, -0.2) is 0 Å². The maximum atomic E-state index is 12.3. The first-order valence-electron chi connectivity index (χ1n) is 8.39. The molecule has 3 aliphatic rings. The molecule has 4 nitrogen and oxygen atoms in total. The van der Waals surface area contributed by atoms with Crippen molar-refractivity contribution in [2.75, 3.05) is 32.8 Å². The summed E-state index contributed by atoms with van der Waals surface area (Å²) < 4.78 is 5.31. The first-order valence-corrected chi connectivity index (χ1v) is 8.39. The lowest BCUT2D eigenvalue weighted by atomic mass is 9.95. The summed E-state index contributed by atoms with van der Waals surface area (Å²) in [5, 5.41) is 0. The summed E-state index contributed by atoms with van der Waals surface area (Å²) in [6.45, 7) is 6.76. The van der Waals surface area contributed by atoms with Gasteiger partial charge < -0.3 is 9.64 Å². The monoisotopic (exact) mass is 302 g/mol. The molecule has 2 atom stereocenters. The number of carbonyl (C=O) groups is 1. The van der Waals surface area contributed by atoms with Gasteiger partial charge in [0.15, 0.2) is 0 Å². The van der Waals surface area contributed by atoms with Gasteiger partial charge in [-0.15, -0.1) is 0 Å². The van der Waals surface area contributed by atoms with E-state index in [0.29, 0.717) is 18.6 Å². The van der Waals surface area contributed by atoms with Crippen LogP contribution >= 0.6 is 0 Å². The average molecular weight is 302 g/mol. The molecular formula is C18H26N2O2. The molecular weight excluding hydrogens is 276 g/mol. The molecule has 0 aromatic heterocycles. The molecule has 0 N–H and O–H groups in total. The maximum Gasteiger partial charge on any atom is 0.248 e. The van der Waals surface area contributed by atoms with E-state index >= 15 is 0 Å². The molecule has 4 heteroatoms. The Bertz CT molecular complexity index is 491. The number of carbonyl (C=O) groups excluding carboxylic acids is 1. The van der Waals surface area contributed by atoms with Gasteiger partial charge >= 0.3 is 0 Å². The second-order valence-electron chi connectivity index (χ2n) is 6.46. The fraction of sp³-hybridized carbons (Fsp3) is 0.611. The molecule has 0 radical (unpaired) electrons. The third-order valence-electron chi connectivity index (χ3n) is 4.79. The summed E-state index contributed by atoms with van der Waals surface area (Å²) >= 11 is 0. The molecule has 0 aliphatic carbocycles. The van der Waals surface area contributed by atoms with Crippen molar-refractivity contribution in [2.45, 2.75) is 32.4 Å². The molecule has 1 aromatic carbocycles. The van der Waals surface area contributed by atoms with Crippen molar-refractivity contribution in [1.29, 1.82) is 0 Å². The van der Waals surface area contributed by atoms with Crippen LogP contribution in [0.1, 0.15) is 25.3 Å². The minimum atomic E-state index is 0.165. The molecule has 22 heavy (non-hydrogen) atoms. The first-order chi connectivity index (χ1) is 10.8. The summed E-state index contributed by atoms with van der Waals surface area (Å²) in [5.41, 5.74) is 1.36. The highest BCUT2D eigenvalue weighted by Gasteiger charge is 2.36. The van der Waals surface area contributed by atoms with Crippen LogP contribution < -0.4 is 0 Å². The third-order valence-corrected chi connectivity index (χ3v) is 4.79. The van der Waals surface area contributed by atoms with Gasteiger partial charge in [-0.3, -0.25) is 9.69 Å². The van der Waals surface area contributed by atoms with Gasteiger partial charge in [0.2, 0.25) is 5.91 Å². The topological polar surface area (TPSA) is 32.8 Å². The first kappa shape index (κ1) is 15.5. The smallest absolute Gasteiger partial charge is 0.248 e. The average Bonchev–Trinajstić information content (AvgIpc) is 2.84. The van der Waals surface area contributed by atoms with E-state index in [1.807, 2.05) is 6.92 Å². The van der Waals surface area contributed by atoms with Crippen LogP contribution in [0.5, 0.6) is 0 Å². The predicted octanol–water partition coefficient (Wildman–Crippen LogP) is 2.15. The minimum Gasteiger partial charge on any atom is -0.372 e. The molecule has 1 aromatic rings. The Kier molecular flexibility index (Phi) is 5.11. The zero-order valence-corrected chi connectivity index (χ0v) is 13.4. The second kappa shape index (κ2) is 7.25. The van der Waals surface area contributed by atoms with Crippen molar-refractivity contribution >= 4 is 5.91 Å². The number of benzene rings is 1. The number of ether oxygens (including phenoxy) is 1. The lowest BCUT2D eigenvalue weighted by Gasteiger charge is -2.36. The largest absolute Gasteiger partial charge is 0.372 e. The molecule has 2 bridgehead atoms. The predicted molar refractivity (Wildman–Crippen MR) is 86.4 cm³/mol. The van der Waals surface area contributed by atoms with Crippen molar-refractivity contribution in [3.05, 3.63) is 35.9 Å². The Labute approximate surface area is 133 Å². The highest BCUT2D eigenvalue weighted by atomic mass is 16.5. The highest BCUT2D eigenvalue weighted by molar-refractivity contribution is 5.78. The number of nitrogens with zero attached hydrogens (tertiary/aromatic N) is 2. The molecule has 3 saturated heterocycles. The van der Waals surface area contributed by atoms with Crippen LogP contribution in [0.3, 0.4) is 0 Å². The van der Waals surface area contributed by atoms with Gasteiger partial charge in [0.1, 0.15) is 6.61 Å². The summed E-state index contributed by atoms with van der Waals surface area (Å²) in [6, 6.07) is 11.0. The van der Waals surface area contributed by atoms with E-state index in [4.69, 9.17) is 4.74 Å². The van der Waals surface area contributed by atoms with E-state index in [0.717, 1.165) is 32.6 Å². The molecule has 3 heterocycles. The van der Waals surface area contributed by atoms with E-state index in [-0.39, 0.29) is 12.5 Å². The molecule has 0 spiro atoms. The van der Waals surface area contributed by atoms with E-state index < -0.39 is 0 Å². The molecule has 3 aliphatic heterocycles.